The Morgan fingerprint density at radius 1 is 0.829 bits per heavy atom. The number of benzene rings is 3. The Balaban J connectivity index is 1.26. The third-order valence-corrected chi connectivity index (χ3v) is 6.51. The van der Waals surface area contributed by atoms with Crippen LogP contribution in [0.2, 0.25) is 0 Å². The van der Waals surface area contributed by atoms with Gasteiger partial charge in [0.15, 0.2) is 0 Å². The zero-order chi connectivity index (χ0) is 24.0. The van der Waals surface area contributed by atoms with Gasteiger partial charge in [-0.15, -0.1) is 0 Å². The second kappa shape index (κ2) is 10.9. The summed E-state index contributed by atoms with van der Waals surface area (Å²) in [5.41, 5.74) is 3.34. The number of aromatic nitrogens is 2. The second-order valence-corrected chi connectivity index (χ2v) is 8.87. The van der Waals surface area contributed by atoms with Crippen molar-refractivity contribution in [3.8, 4) is 11.5 Å². The molecule has 0 radical (unpaired) electrons. The summed E-state index contributed by atoms with van der Waals surface area (Å²) in [6, 6.07) is 22.8. The Morgan fingerprint density at radius 3 is 2.23 bits per heavy atom. The monoisotopic (exact) mass is 474 g/mol. The highest BCUT2D eigenvalue weighted by Crippen LogP contribution is 2.23. The maximum atomic E-state index is 13.2. The van der Waals surface area contributed by atoms with Gasteiger partial charge in [-0.3, -0.25) is 9.80 Å². The molecule has 7 heteroatoms. The van der Waals surface area contributed by atoms with Gasteiger partial charge in [-0.25, -0.2) is 9.37 Å². The smallest absolute Gasteiger partial charge is 0.124 e. The van der Waals surface area contributed by atoms with Crippen LogP contribution < -0.4 is 9.47 Å². The molecule has 0 spiro atoms. The van der Waals surface area contributed by atoms with E-state index in [0.717, 1.165) is 61.9 Å². The minimum Gasteiger partial charge on any atom is -0.497 e. The van der Waals surface area contributed by atoms with E-state index >= 15 is 0 Å². The van der Waals surface area contributed by atoms with E-state index in [9.17, 15) is 4.39 Å². The number of halogens is 1. The minimum absolute atomic E-state index is 0.266. The van der Waals surface area contributed by atoms with Gasteiger partial charge in [-0.1, -0.05) is 30.3 Å². The number of imidazole rings is 1. The average molecular weight is 475 g/mol. The zero-order valence-corrected chi connectivity index (χ0v) is 20.1. The molecule has 182 valence electrons. The molecule has 0 amide bonds. The van der Waals surface area contributed by atoms with Gasteiger partial charge in [0.2, 0.25) is 0 Å². The van der Waals surface area contributed by atoms with Crippen LogP contribution in [0.15, 0.2) is 72.8 Å². The molecule has 2 heterocycles. The van der Waals surface area contributed by atoms with Crippen molar-refractivity contribution in [1.29, 1.82) is 0 Å². The minimum atomic E-state index is -0.266. The van der Waals surface area contributed by atoms with Gasteiger partial charge in [0, 0.05) is 38.8 Å². The summed E-state index contributed by atoms with van der Waals surface area (Å²) in [6.45, 7) is 7.00. The number of hydrogen-bond acceptors (Lipinski definition) is 5. The van der Waals surface area contributed by atoms with Crippen LogP contribution in [0.5, 0.6) is 11.5 Å². The summed E-state index contributed by atoms with van der Waals surface area (Å²) >= 11 is 0. The zero-order valence-electron chi connectivity index (χ0n) is 20.1. The molecule has 0 saturated carbocycles. The van der Waals surface area contributed by atoms with Crippen LogP contribution in [-0.4, -0.2) is 59.2 Å². The fraction of sp³-hybridized carbons (Fsp3) is 0.321. The molecule has 3 aromatic carbocycles. The van der Waals surface area contributed by atoms with Gasteiger partial charge in [-0.05, 0) is 42.0 Å². The molecule has 1 aromatic heterocycles. The number of ether oxygens (including phenoxy) is 2. The van der Waals surface area contributed by atoms with Crippen LogP contribution in [0.25, 0.3) is 11.0 Å². The standard InChI is InChI=1S/C28H31FN4O2/c1-34-25-11-12-27-26(19-25)30-28(33(27)17-18-35-24-9-7-23(29)8-10-24)21-32-15-13-31(14-16-32)20-22-5-3-2-4-6-22/h2-12,19H,13-18,20-21H2,1H3. The first-order valence-electron chi connectivity index (χ1n) is 12.1. The molecule has 0 unspecified atom stereocenters. The second-order valence-electron chi connectivity index (χ2n) is 8.87. The van der Waals surface area contributed by atoms with Crippen molar-refractivity contribution < 1.29 is 13.9 Å². The van der Waals surface area contributed by atoms with Gasteiger partial charge in [-0.2, -0.15) is 0 Å². The van der Waals surface area contributed by atoms with Gasteiger partial charge in [0.1, 0.15) is 29.7 Å². The lowest BCUT2D eigenvalue weighted by Crippen LogP contribution is -2.45. The van der Waals surface area contributed by atoms with Crippen molar-refractivity contribution in [2.45, 2.75) is 19.6 Å². The van der Waals surface area contributed by atoms with Crippen molar-refractivity contribution >= 4 is 11.0 Å². The van der Waals surface area contributed by atoms with Crippen LogP contribution in [0.4, 0.5) is 4.39 Å². The predicted octanol–water partition coefficient (Wildman–Crippen LogP) is 4.58. The lowest BCUT2D eigenvalue weighted by atomic mass is 10.2. The molecule has 5 rings (SSSR count). The third-order valence-electron chi connectivity index (χ3n) is 6.51. The molecule has 35 heavy (non-hydrogen) atoms. The molecular weight excluding hydrogens is 443 g/mol. The van der Waals surface area contributed by atoms with Crippen LogP contribution in [0, 0.1) is 5.82 Å². The van der Waals surface area contributed by atoms with E-state index in [-0.39, 0.29) is 5.82 Å². The number of piperazine rings is 1. The van der Waals surface area contributed by atoms with Crippen LogP contribution in [-0.2, 0) is 19.6 Å². The Morgan fingerprint density at radius 2 is 1.51 bits per heavy atom. The number of nitrogens with zero attached hydrogens (tertiary/aromatic N) is 4. The normalized spacial score (nSPS) is 14.9. The first-order valence-corrected chi connectivity index (χ1v) is 12.1. The van der Waals surface area contributed by atoms with Gasteiger partial charge in [0.05, 0.1) is 31.2 Å². The van der Waals surface area contributed by atoms with Gasteiger partial charge >= 0.3 is 0 Å². The first kappa shape index (κ1) is 23.3. The SMILES string of the molecule is COc1ccc2c(c1)nc(CN1CCN(Cc3ccccc3)CC1)n2CCOc1ccc(F)cc1. The topological polar surface area (TPSA) is 42.8 Å². The van der Waals surface area contributed by atoms with Crippen molar-refractivity contribution in [2.24, 2.45) is 0 Å². The van der Waals surface area contributed by atoms with E-state index in [1.54, 1.807) is 19.2 Å². The molecule has 0 N–H and O–H groups in total. The van der Waals surface area contributed by atoms with Crippen LogP contribution >= 0.6 is 0 Å². The molecule has 1 aliphatic heterocycles. The Hall–Kier alpha value is -3.42. The lowest BCUT2D eigenvalue weighted by Gasteiger charge is -2.34. The molecule has 6 nitrogen and oxygen atoms in total. The molecule has 1 fully saturated rings. The fourth-order valence-electron chi connectivity index (χ4n) is 4.59. The molecular formula is C28H31FN4O2. The lowest BCUT2D eigenvalue weighted by molar-refractivity contribution is 0.118. The summed E-state index contributed by atoms with van der Waals surface area (Å²) in [4.78, 5) is 9.94. The summed E-state index contributed by atoms with van der Waals surface area (Å²) in [6.07, 6.45) is 0. The fourth-order valence-corrected chi connectivity index (χ4v) is 4.59. The highest BCUT2D eigenvalue weighted by atomic mass is 19.1. The van der Waals surface area contributed by atoms with E-state index in [0.29, 0.717) is 18.9 Å². The number of fused-ring (bicyclic) bond motifs is 1. The van der Waals surface area contributed by atoms with E-state index in [4.69, 9.17) is 14.5 Å². The summed E-state index contributed by atoms with van der Waals surface area (Å²) in [5, 5.41) is 0. The van der Waals surface area contributed by atoms with Crippen molar-refractivity contribution in [1.82, 2.24) is 19.4 Å². The van der Waals surface area contributed by atoms with E-state index in [1.165, 1.54) is 17.7 Å². The first-order chi connectivity index (χ1) is 17.2. The van der Waals surface area contributed by atoms with Gasteiger partial charge < -0.3 is 14.0 Å². The Kier molecular flexibility index (Phi) is 7.25. The molecule has 1 aliphatic rings. The molecule has 4 aromatic rings. The summed E-state index contributed by atoms with van der Waals surface area (Å²) in [5.74, 6) is 2.21. The highest BCUT2D eigenvalue weighted by Gasteiger charge is 2.20. The molecule has 0 aliphatic carbocycles. The summed E-state index contributed by atoms with van der Waals surface area (Å²) in [7, 11) is 1.67. The summed E-state index contributed by atoms with van der Waals surface area (Å²) < 4.78 is 26.7. The maximum absolute atomic E-state index is 13.2. The van der Waals surface area contributed by atoms with Crippen molar-refractivity contribution in [3.63, 3.8) is 0 Å². The number of rotatable bonds is 9. The van der Waals surface area contributed by atoms with E-state index in [1.807, 2.05) is 12.1 Å². The number of methoxy groups -OCH3 is 1. The molecule has 1 saturated heterocycles. The molecule has 0 atom stereocenters. The highest BCUT2D eigenvalue weighted by molar-refractivity contribution is 5.77. The Labute approximate surface area is 205 Å². The maximum Gasteiger partial charge on any atom is 0.124 e. The van der Waals surface area contributed by atoms with Crippen LogP contribution in [0.1, 0.15) is 11.4 Å². The van der Waals surface area contributed by atoms with E-state index < -0.39 is 0 Å². The van der Waals surface area contributed by atoms with Crippen molar-refractivity contribution in [2.75, 3.05) is 39.9 Å². The average Bonchev–Trinajstić information content (AvgIpc) is 3.23. The third kappa shape index (κ3) is 5.81. The largest absolute Gasteiger partial charge is 0.497 e. The Bertz CT molecular complexity index is 1240. The predicted molar refractivity (Wildman–Crippen MR) is 135 cm³/mol. The van der Waals surface area contributed by atoms with Gasteiger partial charge in [0.25, 0.3) is 0 Å². The number of hydrogen-bond donors (Lipinski definition) is 0. The van der Waals surface area contributed by atoms with E-state index in [2.05, 4.69) is 50.8 Å². The van der Waals surface area contributed by atoms with Crippen LogP contribution in [0.3, 0.4) is 0 Å². The van der Waals surface area contributed by atoms with Crippen molar-refractivity contribution in [3.05, 3.63) is 90.0 Å². The quantitative estimate of drug-likeness (QED) is 0.355. The molecule has 0 bridgehead atoms.